The van der Waals surface area contributed by atoms with Crippen molar-refractivity contribution in [2.75, 3.05) is 0 Å². The molecule has 5 nitrogen and oxygen atoms in total. The van der Waals surface area contributed by atoms with Crippen LogP contribution in [-0.2, 0) is 0 Å². The molecule has 0 amide bonds. The Morgan fingerprint density at radius 2 is 1.93 bits per heavy atom. The van der Waals surface area contributed by atoms with Gasteiger partial charge in [0.1, 0.15) is 6.23 Å². The minimum atomic E-state index is -5.67. The number of aliphatic imine (C=N–C) groups is 1. The first kappa shape index (κ1) is 22.0. The maximum Gasteiger partial charge on any atom is 0.454 e. The minimum absolute atomic E-state index is 0.0414. The normalized spacial score (nSPS) is 29.4. The lowest BCUT2D eigenvalue weighted by Gasteiger charge is -2.31. The molecule has 2 aliphatic heterocycles. The number of allylic oxidation sites excluding steroid dienone is 1. The molecule has 1 unspecified atom stereocenters. The number of hydrogen-bond donors (Lipinski definition) is 3. The van der Waals surface area contributed by atoms with Gasteiger partial charge in [-0.15, -0.1) is 0 Å². The Morgan fingerprint density at radius 3 is 2.44 bits per heavy atom. The predicted molar refractivity (Wildman–Crippen MR) is 92.0 cm³/mol. The first-order valence-electron chi connectivity index (χ1n) is 9.01. The number of nitrogens with one attached hydrogen (secondary N) is 2. The molecule has 27 heavy (non-hydrogen) atoms. The van der Waals surface area contributed by atoms with Crippen molar-refractivity contribution in [3.63, 3.8) is 0 Å². The van der Waals surface area contributed by atoms with Crippen LogP contribution in [0.15, 0.2) is 16.9 Å². The molecule has 1 fully saturated rings. The van der Waals surface area contributed by atoms with E-state index >= 15 is 0 Å². The van der Waals surface area contributed by atoms with E-state index in [4.69, 9.17) is 0 Å². The Balaban J connectivity index is 1.98. The Kier molecular flexibility index (Phi) is 6.53. The number of hydrazine groups is 1. The number of alkyl halides is 5. The predicted octanol–water partition coefficient (Wildman–Crippen LogP) is 3.18. The van der Waals surface area contributed by atoms with E-state index in [0.29, 0.717) is 0 Å². The van der Waals surface area contributed by atoms with E-state index in [2.05, 4.69) is 10.4 Å². The third-order valence-corrected chi connectivity index (χ3v) is 5.36. The zero-order valence-corrected chi connectivity index (χ0v) is 15.8. The van der Waals surface area contributed by atoms with Gasteiger partial charge in [-0.05, 0) is 47.0 Å². The summed E-state index contributed by atoms with van der Waals surface area (Å²) in [5, 5.41) is 14.0. The molecule has 0 saturated carbocycles. The van der Waals surface area contributed by atoms with Crippen LogP contribution in [0.4, 0.5) is 22.0 Å². The van der Waals surface area contributed by atoms with Gasteiger partial charge in [0, 0.05) is 35.6 Å². The van der Waals surface area contributed by atoms with E-state index < -0.39 is 24.4 Å². The summed E-state index contributed by atoms with van der Waals surface area (Å²) in [6.45, 7) is 6.47. The lowest BCUT2D eigenvalue weighted by atomic mass is 9.91. The summed E-state index contributed by atoms with van der Waals surface area (Å²) in [6.07, 6.45) is -3.69. The highest BCUT2D eigenvalue weighted by molar-refractivity contribution is 5.83. The summed E-state index contributed by atoms with van der Waals surface area (Å²) in [6, 6.07) is -2.39. The van der Waals surface area contributed by atoms with E-state index in [1.54, 1.807) is 6.20 Å². The Labute approximate surface area is 155 Å². The Hall–Kier alpha value is -1.26. The molecule has 3 N–H and O–H groups in total. The molecule has 0 spiro atoms. The highest BCUT2D eigenvalue weighted by Gasteiger charge is 2.61. The molecule has 0 aromatic rings. The molecule has 2 aliphatic rings. The molecule has 0 aliphatic carbocycles. The second-order valence-corrected chi connectivity index (χ2v) is 7.44. The van der Waals surface area contributed by atoms with Gasteiger partial charge in [-0.2, -0.15) is 22.0 Å². The zero-order chi connectivity index (χ0) is 20.6. The quantitative estimate of drug-likeness (QED) is 0.475. The maximum atomic E-state index is 13.3. The average Bonchev–Trinajstić information content (AvgIpc) is 2.82. The summed E-state index contributed by atoms with van der Waals surface area (Å²) in [7, 11) is 0. The van der Waals surface area contributed by atoms with Gasteiger partial charge >= 0.3 is 12.1 Å². The van der Waals surface area contributed by atoms with Crippen molar-refractivity contribution in [2.24, 2.45) is 10.9 Å². The van der Waals surface area contributed by atoms with Gasteiger partial charge in [-0.1, -0.05) is 0 Å². The topological polar surface area (TPSA) is 59.9 Å². The van der Waals surface area contributed by atoms with Crippen molar-refractivity contribution in [3.8, 4) is 0 Å². The van der Waals surface area contributed by atoms with E-state index in [1.807, 2.05) is 31.1 Å². The second-order valence-electron chi connectivity index (χ2n) is 7.44. The van der Waals surface area contributed by atoms with Gasteiger partial charge in [-0.25, -0.2) is 5.43 Å². The number of hydrogen-bond acceptors (Lipinski definition) is 5. The van der Waals surface area contributed by atoms with Crippen LogP contribution in [0.3, 0.4) is 0 Å². The standard InChI is InChI=1S/C17H27F5N4O/c1-9-5-6-13(8-23-9)26-11(3)14(10(2)25-26)7-15(27)24-12(4)16(18,19)17(20,21)22/h8,10-12,14-15,24-25,27H,5-7H2,1-4H3/t10-,11+,12-,14?,15+/m1/s1. The number of nitrogens with zero attached hydrogens (tertiary/aromatic N) is 2. The van der Waals surface area contributed by atoms with Crippen molar-refractivity contribution in [1.82, 2.24) is 15.8 Å². The maximum absolute atomic E-state index is 13.3. The molecule has 0 radical (unpaired) electrons. The Bertz CT molecular complexity index is 592. The molecule has 156 valence electrons. The first-order valence-corrected chi connectivity index (χ1v) is 9.01. The van der Waals surface area contributed by atoms with Crippen molar-refractivity contribution in [3.05, 3.63) is 11.9 Å². The van der Waals surface area contributed by atoms with Crippen molar-refractivity contribution < 1.29 is 27.1 Å². The number of rotatable bonds is 6. The van der Waals surface area contributed by atoms with Crippen molar-refractivity contribution >= 4 is 5.71 Å². The fourth-order valence-electron chi connectivity index (χ4n) is 3.56. The fraction of sp³-hybridized carbons (Fsp3) is 0.824. The minimum Gasteiger partial charge on any atom is -0.379 e. The largest absolute Gasteiger partial charge is 0.454 e. The molecular weight excluding hydrogens is 371 g/mol. The molecule has 2 rings (SSSR count). The van der Waals surface area contributed by atoms with E-state index in [1.165, 1.54) is 0 Å². The summed E-state index contributed by atoms with van der Waals surface area (Å²) in [4.78, 5) is 4.31. The number of aliphatic hydroxyl groups excluding tert-OH is 1. The molecular formula is C17H27F5N4O. The summed E-state index contributed by atoms with van der Waals surface area (Å²) >= 11 is 0. The van der Waals surface area contributed by atoms with Crippen molar-refractivity contribution in [2.45, 2.75) is 83.4 Å². The van der Waals surface area contributed by atoms with Crippen LogP contribution in [0, 0.1) is 5.92 Å². The van der Waals surface area contributed by atoms with Crippen LogP contribution in [-0.4, -0.2) is 52.3 Å². The second kappa shape index (κ2) is 8.00. The fourth-order valence-corrected chi connectivity index (χ4v) is 3.56. The van der Waals surface area contributed by atoms with Crippen LogP contribution in [0.5, 0.6) is 0 Å². The van der Waals surface area contributed by atoms with Gasteiger partial charge in [0.15, 0.2) is 0 Å². The molecule has 0 bridgehead atoms. The van der Waals surface area contributed by atoms with Gasteiger partial charge in [0.05, 0.1) is 6.04 Å². The molecule has 10 heteroatoms. The Morgan fingerprint density at radius 1 is 1.30 bits per heavy atom. The third-order valence-electron chi connectivity index (χ3n) is 5.36. The molecule has 0 aromatic heterocycles. The zero-order valence-electron chi connectivity index (χ0n) is 15.8. The molecule has 5 atom stereocenters. The average molecular weight is 398 g/mol. The monoisotopic (exact) mass is 398 g/mol. The lowest BCUT2D eigenvalue weighted by Crippen LogP contribution is -2.55. The first-order chi connectivity index (χ1) is 12.3. The molecule has 1 saturated heterocycles. The van der Waals surface area contributed by atoms with Gasteiger partial charge in [-0.3, -0.25) is 10.3 Å². The van der Waals surface area contributed by atoms with Gasteiger partial charge < -0.3 is 10.1 Å². The van der Waals surface area contributed by atoms with Crippen LogP contribution in [0.25, 0.3) is 0 Å². The number of halogens is 5. The van der Waals surface area contributed by atoms with E-state index in [0.717, 1.165) is 31.2 Å². The van der Waals surface area contributed by atoms with Crippen LogP contribution >= 0.6 is 0 Å². The van der Waals surface area contributed by atoms with Crippen molar-refractivity contribution in [1.29, 1.82) is 0 Å². The summed E-state index contributed by atoms with van der Waals surface area (Å²) in [5.74, 6) is -5.07. The smallest absolute Gasteiger partial charge is 0.379 e. The highest BCUT2D eigenvalue weighted by Crippen LogP contribution is 2.38. The highest BCUT2D eigenvalue weighted by atomic mass is 19.4. The lowest BCUT2D eigenvalue weighted by molar-refractivity contribution is -0.293. The SMILES string of the molecule is CC1=NC=C(N2N[C@H](C)C(C[C@H](O)N[C@H](C)C(F)(F)C(F)(F)F)[C@@H]2C)CC1. The van der Waals surface area contributed by atoms with E-state index in [-0.39, 0.29) is 24.4 Å². The van der Waals surface area contributed by atoms with Crippen LogP contribution in [0.2, 0.25) is 0 Å². The van der Waals surface area contributed by atoms with Gasteiger partial charge in [0.2, 0.25) is 0 Å². The molecule has 0 aromatic carbocycles. The summed E-state index contributed by atoms with van der Waals surface area (Å²) in [5.41, 5.74) is 5.30. The van der Waals surface area contributed by atoms with Crippen LogP contribution in [0.1, 0.15) is 47.0 Å². The molecule has 2 heterocycles. The van der Waals surface area contributed by atoms with Gasteiger partial charge in [0.25, 0.3) is 0 Å². The van der Waals surface area contributed by atoms with E-state index in [9.17, 15) is 27.1 Å². The van der Waals surface area contributed by atoms with Crippen LogP contribution < -0.4 is 10.7 Å². The number of aliphatic hydroxyl groups is 1. The summed E-state index contributed by atoms with van der Waals surface area (Å²) < 4.78 is 64.0. The third kappa shape index (κ3) is 4.78.